The lowest BCUT2D eigenvalue weighted by Crippen LogP contribution is -2.34. The second-order valence-electron chi connectivity index (χ2n) is 5.31. The molecule has 2 rings (SSSR count). The van der Waals surface area contributed by atoms with Crippen LogP contribution in [0.5, 0.6) is 0 Å². The summed E-state index contributed by atoms with van der Waals surface area (Å²) in [6, 6.07) is 6.90. The van der Waals surface area contributed by atoms with E-state index < -0.39 is 10.0 Å². The summed E-state index contributed by atoms with van der Waals surface area (Å²) in [5, 5.41) is 0. The third kappa shape index (κ3) is 4.07. The highest BCUT2D eigenvalue weighted by molar-refractivity contribution is 7.89. The largest absolute Gasteiger partial charge is 0.320 e. The van der Waals surface area contributed by atoms with Crippen LogP contribution in [0.2, 0.25) is 0 Å². The van der Waals surface area contributed by atoms with Crippen LogP contribution in [0, 0.1) is 17.8 Å². The first-order chi connectivity index (χ1) is 10.1. The molecule has 21 heavy (non-hydrogen) atoms. The van der Waals surface area contributed by atoms with Gasteiger partial charge in [-0.2, -0.15) is 4.31 Å². The van der Waals surface area contributed by atoms with Gasteiger partial charge >= 0.3 is 0 Å². The van der Waals surface area contributed by atoms with E-state index in [0.717, 1.165) is 19.3 Å². The third-order valence-corrected chi connectivity index (χ3v) is 5.39. The van der Waals surface area contributed by atoms with Crippen LogP contribution < -0.4 is 5.73 Å². The highest BCUT2D eigenvalue weighted by Crippen LogP contribution is 2.32. The first-order valence-corrected chi connectivity index (χ1v) is 8.81. The molecule has 0 aliphatic heterocycles. The first-order valence-electron chi connectivity index (χ1n) is 7.37. The Kier molecular flexibility index (Phi) is 5.40. The maximum absolute atomic E-state index is 12.9. The van der Waals surface area contributed by atoms with Crippen LogP contribution in [-0.4, -0.2) is 32.4 Å². The van der Waals surface area contributed by atoms with Crippen LogP contribution in [0.4, 0.5) is 0 Å². The van der Waals surface area contributed by atoms with Gasteiger partial charge in [0, 0.05) is 18.7 Å². The molecule has 1 aliphatic rings. The molecule has 0 bridgehead atoms. The van der Waals surface area contributed by atoms with E-state index in [1.165, 1.54) is 0 Å². The standard InChI is InChI=1S/C16H22N2O2S/c1-2-12-18(13-14-9-10-14)21(19,20)16-8-4-3-6-15(16)7-5-11-17/h3-4,6,8,14H,2,9-13,17H2,1H3. The van der Waals surface area contributed by atoms with Gasteiger partial charge in [-0.25, -0.2) is 8.42 Å². The van der Waals surface area contributed by atoms with E-state index in [0.29, 0.717) is 29.5 Å². The van der Waals surface area contributed by atoms with Crippen molar-refractivity contribution in [2.45, 2.75) is 31.1 Å². The Morgan fingerprint density at radius 3 is 2.67 bits per heavy atom. The van der Waals surface area contributed by atoms with Gasteiger partial charge in [0.05, 0.1) is 11.4 Å². The van der Waals surface area contributed by atoms with Crippen molar-refractivity contribution < 1.29 is 8.42 Å². The van der Waals surface area contributed by atoms with Gasteiger partial charge in [-0.05, 0) is 37.3 Å². The molecule has 4 nitrogen and oxygen atoms in total. The highest BCUT2D eigenvalue weighted by atomic mass is 32.2. The minimum atomic E-state index is -3.49. The van der Waals surface area contributed by atoms with Crippen molar-refractivity contribution in [1.29, 1.82) is 0 Å². The minimum absolute atomic E-state index is 0.217. The van der Waals surface area contributed by atoms with E-state index in [4.69, 9.17) is 5.73 Å². The molecule has 0 amide bonds. The van der Waals surface area contributed by atoms with Gasteiger partial charge in [0.25, 0.3) is 0 Å². The van der Waals surface area contributed by atoms with E-state index >= 15 is 0 Å². The maximum atomic E-state index is 12.9. The Hall–Kier alpha value is -1.35. The van der Waals surface area contributed by atoms with Gasteiger partial charge < -0.3 is 5.73 Å². The van der Waals surface area contributed by atoms with Gasteiger partial charge in [0.2, 0.25) is 10.0 Å². The predicted octanol–water partition coefficient (Wildman–Crippen LogP) is 1.81. The second-order valence-corrected chi connectivity index (χ2v) is 7.21. The average Bonchev–Trinajstić information content (AvgIpc) is 3.29. The van der Waals surface area contributed by atoms with Crippen molar-refractivity contribution in [1.82, 2.24) is 4.31 Å². The molecule has 0 unspecified atom stereocenters. The monoisotopic (exact) mass is 306 g/mol. The van der Waals surface area contributed by atoms with Crippen LogP contribution >= 0.6 is 0 Å². The Labute approximate surface area is 127 Å². The van der Waals surface area contributed by atoms with Crippen LogP contribution in [-0.2, 0) is 10.0 Å². The Morgan fingerprint density at radius 2 is 2.05 bits per heavy atom. The fourth-order valence-corrected chi connectivity index (χ4v) is 3.98. The van der Waals surface area contributed by atoms with Gasteiger partial charge in [-0.1, -0.05) is 30.9 Å². The van der Waals surface area contributed by atoms with E-state index in [-0.39, 0.29) is 6.54 Å². The van der Waals surface area contributed by atoms with Gasteiger partial charge in [-0.3, -0.25) is 0 Å². The maximum Gasteiger partial charge on any atom is 0.244 e. The number of rotatable bonds is 6. The number of nitrogens with zero attached hydrogens (tertiary/aromatic N) is 1. The minimum Gasteiger partial charge on any atom is -0.320 e. The number of benzene rings is 1. The Morgan fingerprint density at radius 1 is 1.33 bits per heavy atom. The molecule has 0 radical (unpaired) electrons. The molecule has 0 saturated heterocycles. The van der Waals surface area contributed by atoms with E-state index in [1.54, 1.807) is 28.6 Å². The van der Waals surface area contributed by atoms with Gasteiger partial charge in [0.1, 0.15) is 0 Å². The zero-order valence-electron chi connectivity index (χ0n) is 12.4. The van der Waals surface area contributed by atoms with E-state index in [1.807, 2.05) is 6.92 Å². The number of hydrogen-bond acceptors (Lipinski definition) is 3. The van der Waals surface area contributed by atoms with Gasteiger partial charge in [-0.15, -0.1) is 0 Å². The van der Waals surface area contributed by atoms with Crippen LogP contribution in [0.25, 0.3) is 0 Å². The predicted molar refractivity (Wildman–Crippen MR) is 84.1 cm³/mol. The third-order valence-electron chi connectivity index (χ3n) is 3.46. The van der Waals surface area contributed by atoms with Crippen molar-refractivity contribution >= 4 is 10.0 Å². The fraction of sp³-hybridized carbons (Fsp3) is 0.500. The summed E-state index contributed by atoms with van der Waals surface area (Å²) in [5.41, 5.74) is 5.91. The smallest absolute Gasteiger partial charge is 0.244 e. The van der Waals surface area contributed by atoms with Crippen LogP contribution in [0.1, 0.15) is 31.7 Å². The van der Waals surface area contributed by atoms with Crippen molar-refractivity contribution in [3.8, 4) is 11.8 Å². The lowest BCUT2D eigenvalue weighted by molar-refractivity contribution is 0.395. The highest BCUT2D eigenvalue weighted by Gasteiger charge is 2.32. The van der Waals surface area contributed by atoms with Gasteiger partial charge in [0.15, 0.2) is 0 Å². The lowest BCUT2D eigenvalue weighted by atomic mass is 10.2. The molecular weight excluding hydrogens is 284 g/mol. The molecule has 0 heterocycles. The van der Waals surface area contributed by atoms with E-state index in [9.17, 15) is 8.42 Å². The SMILES string of the molecule is CCCN(CC1CC1)S(=O)(=O)c1ccccc1C#CCN. The summed E-state index contributed by atoms with van der Waals surface area (Å²) < 4.78 is 27.4. The number of hydrogen-bond donors (Lipinski definition) is 1. The molecule has 1 saturated carbocycles. The molecule has 1 aromatic rings. The molecule has 0 atom stereocenters. The molecule has 1 aromatic carbocycles. The Balaban J connectivity index is 2.36. The molecule has 1 aliphatic carbocycles. The molecule has 0 spiro atoms. The molecular formula is C16H22N2O2S. The molecule has 2 N–H and O–H groups in total. The van der Waals surface area contributed by atoms with E-state index in [2.05, 4.69) is 11.8 Å². The van der Waals surface area contributed by atoms with Crippen LogP contribution in [0.15, 0.2) is 29.2 Å². The average molecular weight is 306 g/mol. The Bertz CT molecular complexity index is 640. The van der Waals surface area contributed by atoms with Crippen molar-refractivity contribution in [3.05, 3.63) is 29.8 Å². The molecule has 0 aromatic heterocycles. The quantitative estimate of drug-likeness (QED) is 0.815. The summed E-state index contributed by atoms with van der Waals surface area (Å²) in [4.78, 5) is 0.292. The first kappa shape index (κ1) is 16.0. The topological polar surface area (TPSA) is 63.4 Å². The molecule has 114 valence electrons. The summed E-state index contributed by atoms with van der Waals surface area (Å²) in [5.74, 6) is 6.12. The van der Waals surface area contributed by atoms with Crippen molar-refractivity contribution in [2.75, 3.05) is 19.6 Å². The number of sulfonamides is 1. The lowest BCUT2D eigenvalue weighted by Gasteiger charge is -2.22. The van der Waals surface area contributed by atoms with Crippen molar-refractivity contribution in [3.63, 3.8) is 0 Å². The van der Waals surface area contributed by atoms with Crippen molar-refractivity contribution in [2.24, 2.45) is 11.7 Å². The zero-order chi connectivity index (χ0) is 15.3. The second kappa shape index (κ2) is 7.08. The summed E-state index contributed by atoms with van der Waals surface area (Å²) >= 11 is 0. The normalized spacial score (nSPS) is 14.8. The molecule has 1 fully saturated rings. The summed E-state index contributed by atoms with van der Waals surface area (Å²) in [6.45, 7) is 3.39. The summed E-state index contributed by atoms with van der Waals surface area (Å²) in [7, 11) is -3.49. The van der Waals surface area contributed by atoms with Crippen LogP contribution in [0.3, 0.4) is 0 Å². The number of nitrogens with two attached hydrogens (primary N) is 1. The summed E-state index contributed by atoms with van der Waals surface area (Å²) in [6.07, 6.45) is 3.07. The fourth-order valence-electron chi connectivity index (χ4n) is 2.23. The zero-order valence-corrected chi connectivity index (χ0v) is 13.2. The molecule has 5 heteroatoms.